The molecular weight excluding hydrogens is 347 g/mol. The third-order valence-electron chi connectivity index (χ3n) is 4.81. The molecule has 1 saturated heterocycles. The van der Waals surface area contributed by atoms with E-state index in [9.17, 15) is 9.18 Å². The molecule has 27 heavy (non-hydrogen) atoms. The highest BCUT2D eigenvalue weighted by molar-refractivity contribution is 5.97. The predicted octanol–water partition coefficient (Wildman–Crippen LogP) is 3.54. The van der Waals surface area contributed by atoms with E-state index in [2.05, 4.69) is 0 Å². The maximum absolute atomic E-state index is 13.3. The molecule has 1 aliphatic rings. The van der Waals surface area contributed by atoms with Crippen LogP contribution in [0, 0.1) is 5.82 Å². The average molecular weight is 372 g/mol. The molecule has 2 N–H and O–H groups in total. The van der Waals surface area contributed by atoms with E-state index in [1.54, 1.807) is 37.4 Å². The fourth-order valence-electron chi connectivity index (χ4n) is 3.46. The van der Waals surface area contributed by atoms with E-state index in [0.717, 1.165) is 24.8 Å². The molecule has 0 saturated carbocycles. The molecular formula is C21H25FN2O3. The summed E-state index contributed by atoms with van der Waals surface area (Å²) in [4.78, 5) is 15.2. The Hall–Kier alpha value is -2.60. The first-order chi connectivity index (χ1) is 13.1. The van der Waals surface area contributed by atoms with Crippen molar-refractivity contribution in [3.8, 4) is 11.5 Å². The van der Waals surface area contributed by atoms with Crippen molar-refractivity contribution in [2.75, 3.05) is 26.8 Å². The van der Waals surface area contributed by atoms with Gasteiger partial charge in [-0.2, -0.15) is 0 Å². The molecule has 1 atom stereocenters. The molecule has 5 nitrogen and oxygen atoms in total. The second kappa shape index (κ2) is 8.86. The van der Waals surface area contributed by atoms with Crippen molar-refractivity contribution in [3.05, 3.63) is 59.4 Å². The van der Waals surface area contributed by atoms with Crippen LogP contribution in [0.2, 0.25) is 0 Å². The Morgan fingerprint density at radius 1 is 1.22 bits per heavy atom. The van der Waals surface area contributed by atoms with Crippen molar-refractivity contribution in [1.29, 1.82) is 0 Å². The molecule has 0 unspecified atom stereocenters. The highest BCUT2D eigenvalue weighted by atomic mass is 19.1. The van der Waals surface area contributed by atoms with E-state index in [4.69, 9.17) is 15.2 Å². The van der Waals surface area contributed by atoms with Crippen molar-refractivity contribution >= 4 is 5.91 Å². The molecule has 1 fully saturated rings. The topological polar surface area (TPSA) is 64.8 Å². The molecule has 0 aromatic heterocycles. The number of halogens is 1. The number of carbonyl (C=O) groups is 1. The molecule has 6 heteroatoms. The van der Waals surface area contributed by atoms with Crippen molar-refractivity contribution in [2.24, 2.45) is 5.73 Å². The van der Waals surface area contributed by atoms with Crippen LogP contribution in [0.3, 0.4) is 0 Å². The third-order valence-corrected chi connectivity index (χ3v) is 4.81. The number of benzene rings is 2. The fraction of sp³-hybridized carbons (Fsp3) is 0.381. The van der Waals surface area contributed by atoms with E-state index in [1.807, 2.05) is 4.90 Å². The van der Waals surface area contributed by atoms with Crippen molar-refractivity contribution in [1.82, 2.24) is 4.90 Å². The standard InChI is InChI=1S/C21H25FN2O3/c1-26-17-9-10-18(20(14-17)27-13-11-23)21(25)24-12-3-2-4-19(24)15-5-7-16(22)8-6-15/h5-10,14,19H,2-4,11-13,23H2,1H3/t19-/m1/s1. The maximum Gasteiger partial charge on any atom is 0.258 e. The normalized spacial score (nSPS) is 16.9. The van der Waals surface area contributed by atoms with Gasteiger partial charge < -0.3 is 20.1 Å². The van der Waals surface area contributed by atoms with Crippen LogP contribution in [0.15, 0.2) is 42.5 Å². The van der Waals surface area contributed by atoms with Crippen LogP contribution >= 0.6 is 0 Å². The van der Waals surface area contributed by atoms with Gasteiger partial charge in [-0.1, -0.05) is 12.1 Å². The largest absolute Gasteiger partial charge is 0.497 e. The number of methoxy groups -OCH3 is 1. The molecule has 2 aromatic rings. The molecule has 1 aliphatic heterocycles. The van der Waals surface area contributed by atoms with Crippen LogP contribution in [0.5, 0.6) is 11.5 Å². The Bertz CT molecular complexity index is 779. The summed E-state index contributed by atoms with van der Waals surface area (Å²) in [6, 6.07) is 11.5. The number of likely N-dealkylation sites (tertiary alicyclic amines) is 1. The summed E-state index contributed by atoms with van der Waals surface area (Å²) in [6.07, 6.45) is 2.83. The quantitative estimate of drug-likeness (QED) is 0.842. The average Bonchev–Trinajstić information content (AvgIpc) is 2.72. The lowest BCUT2D eigenvalue weighted by molar-refractivity contribution is 0.0607. The Kier molecular flexibility index (Phi) is 6.29. The molecule has 0 aliphatic carbocycles. The zero-order valence-electron chi connectivity index (χ0n) is 15.5. The van der Waals surface area contributed by atoms with Crippen LogP contribution in [0.25, 0.3) is 0 Å². The molecule has 0 radical (unpaired) electrons. The van der Waals surface area contributed by atoms with Gasteiger partial charge in [-0.25, -0.2) is 4.39 Å². The van der Waals surface area contributed by atoms with E-state index in [-0.39, 0.29) is 17.8 Å². The lowest BCUT2D eigenvalue weighted by Gasteiger charge is -2.36. The number of rotatable bonds is 6. The number of nitrogens with zero attached hydrogens (tertiary/aromatic N) is 1. The van der Waals surface area contributed by atoms with Gasteiger partial charge in [-0.3, -0.25) is 4.79 Å². The monoisotopic (exact) mass is 372 g/mol. The summed E-state index contributed by atoms with van der Waals surface area (Å²) < 4.78 is 24.2. The molecule has 0 spiro atoms. The summed E-state index contributed by atoms with van der Waals surface area (Å²) >= 11 is 0. The Morgan fingerprint density at radius 2 is 2.00 bits per heavy atom. The smallest absolute Gasteiger partial charge is 0.258 e. The van der Waals surface area contributed by atoms with Crippen LogP contribution in [-0.2, 0) is 0 Å². The number of piperidine rings is 1. The second-order valence-electron chi connectivity index (χ2n) is 6.56. The van der Waals surface area contributed by atoms with Crippen molar-refractivity contribution < 1.29 is 18.7 Å². The lowest BCUT2D eigenvalue weighted by atomic mass is 9.94. The van der Waals surface area contributed by atoms with Crippen LogP contribution in [-0.4, -0.2) is 37.6 Å². The molecule has 1 amide bonds. The van der Waals surface area contributed by atoms with Gasteiger partial charge in [-0.15, -0.1) is 0 Å². The van der Waals surface area contributed by atoms with Crippen LogP contribution in [0.1, 0.15) is 41.2 Å². The SMILES string of the molecule is COc1ccc(C(=O)N2CCCC[C@@H]2c2ccc(F)cc2)c(OCCN)c1. The van der Waals surface area contributed by atoms with Gasteiger partial charge in [0.05, 0.1) is 18.7 Å². The molecule has 144 valence electrons. The first-order valence-corrected chi connectivity index (χ1v) is 9.21. The van der Waals surface area contributed by atoms with E-state index < -0.39 is 0 Å². The Labute approximate surface area is 158 Å². The van der Waals surface area contributed by atoms with Gasteiger partial charge in [0, 0.05) is 19.2 Å². The number of nitrogens with two attached hydrogens (primary N) is 1. The molecule has 0 bridgehead atoms. The van der Waals surface area contributed by atoms with Crippen molar-refractivity contribution in [3.63, 3.8) is 0 Å². The number of hydrogen-bond donors (Lipinski definition) is 1. The highest BCUT2D eigenvalue weighted by Crippen LogP contribution is 2.34. The minimum Gasteiger partial charge on any atom is -0.497 e. The van der Waals surface area contributed by atoms with Gasteiger partial charge >= 0.3 is 0 Å². The third kappa shape index (κ3) is 4.39. The molecule has 3 rings (SSSR count). The summed E-state index contributed by atoms with van der Waals surface area (Å²) in [6.45, 7) is 1.32. The van der Waals surface area contributed by atoms with E-state index in [1.165, 1.54) is 12.1 Å². The summed E-state index contributed by atoms with van der Waals surface area (Å²) in [5.41, 5.74) is 6.98. The summed E-state index contributed by atoms with van der Waals surface area (Å²) in [5.74, 6) is 0.708. The zero-order chi connectivity index (χ0) is 19.2. The Balaban J connectivity index is 1.91. The summed E-state index contributed by atoms with van der Waals surface area (Å²) in [7, 11) is 1.57. The fourth-order valence-corrected chi connectivity index (χ4v) is 3.46. The number of ether oxygens (including phenoxy) is 2. The van der Waals surface area contributed by atoms with Gasteiger partial charge in [-0.05, 0) is 49.1 Å². The Morgan fingerprint density at radius 3 is 2.70 bits per heavy atom. The van der Waals surface area contributed by atoms with Crippen LogP contribution in [0.4, 0.5) is 4.39 Å². The van der Waals surface area contributed by atoms with E-state index in [0.29, 0.717) is 36.8 Å². The lowest BCUT2D eigenvalue weighted by Crippen LogP contribution is -2.38. The summed E-state index contributed by atoms with van der Waals surface area (Å²) in [5, 5.41) is 0. The molecule has 2 aromatic carbocycles. The first kappa shape index (κ1) is 19.2. The molecule has 1 heterocycles. The number of hydrogen-bond acceptors (Lipinski definition) is 4. The predicted molar refractivity (Wildman–Crippen MR) is 102 cm³/mol. The number of amides is 1. The highest BCUT2D eigenvalue weighted by Gasteiger charge is 2.30. The van der Waals surface area contributed by atoms with Gasteiger partial charge in [0.2, 0.25) is 0 Å². The van der Waals surface area contributed by atoms with Gasteiger partial charge in [0.1, 0.15) is 23.9 Å². The van der Waals surface area contributed by atoms with E-state index >= 15 is 0 Å². The van der Waals surface area contributed by atoms with Gasteiger partial charge in [0.15, 0.2) is 0 Å². The minimum atomic E-state index is -0.278. The maximum atomic E-state index is 13.3. The van der Waals surface area contributed by atoms with Crippen molar-refractivity contribution in [2.45, 2.75) is 25.3 Å². The number of carbonyl (C=O) groups excluding carboxylic acids is 1. The van der Waals surface area contributed by atoms with Crippen LogP contribution < -0.4 is 15.2 Å². The zero-order valence-corrected chi connectivity index (χ0v) is 15.5. The van der Waals surface area contributed by atoms with Gasteiger partial charge in [0.25, 0.3) is 5.91 Å². The minimum absolute atomic E-state index is 0.0729. The first-order valence-electron chi connectivity index (χ1n) is 9.21. The second-order valence-corrected chi connectivity index (χ2v) is 6.56.